The van der Waals surface area contributed by atoms with Gasteiger partial charge in [0.25, 0.3) is 0 Å². The van der Waals surface area contributed by atoms with E-state index in [-0.39, 0.29) is 11.7 Å². The van der Waals surface area contributed by atoms with Gasteiger partial charge >= 0.3 is 0 Å². The number of methoxy groups -OCH3 is 1. The summed E-state index contributed by atoms with van der Waals surface area (Å²) in [5, 5.41) is 0. The van der Waals surface area contributed by atoms with Crippen molar-refractivity contribution in [2.75, 3.05) is 13.9 Å². The highest BCUT2D eigenvalue weighted by molar-refractivity contribution is 7.89. The number of aryl methyl sites for hydroxylation is 1. The average molecular weight is 432 g/mol. The maximum atomic E-state index is 13.7. The van der Waals surface area contributed by atoms with Crippen LogP contribution in [0.25, 0.3) is 0 Å². The topological polar surface area (TPSA) is 65.1 Å². The third-order valence-electron chi connectivity index (χ3n) is 5.14. The fraction of sp³-hybridized carbons (Fsp3) is 0.391. The summed E-state index contributed by atoms with van der Waals surface area (Å²) in [5.41, 5.74) is 1.91. The maximum Gasteiger partial charge on any atom is 0.245 e. The molecule has 0 radical (unpaired) electrons. The number of allylic oxidation sites excluding steroid dienone is 1. The van der Waals surface area contributed by atoms with Crippen LogP contribution < -0.4 is 0 Å². The summed E-state index contributed by atoms with van der Waals surface area (Å²) in [6.07, 6.45) is 1.74. The van der Waals surface area contributed by atoms with E-state index in [1.54, 1.807) is 30.3 Å². The Hall–Kier alpha value is -2.03. The molecule has 0 aliphatic carbocycles. The number of rotatable bonds is 8. The standard InChI is InChI=1S/C23H29NO5S/c1-5-9-21(28-16-27-4)23-24(30(25,26)20-14-12-17(2)13-15-20)18(3)22(29-23)19-10-7-6-8-11-19/h5-15,18,21-23H,16H2,1-4H3/b9-5+/t18-,21-,22-,23+/m0/s1. The molecule has 1 aliphatic rings. The molecular formula is C23H29NO5S. The molecule has 0 N–H and O–H groups in total. The van der Waals surface area contributed by atoms with Crippen LogP contribution in [0.5, 0.6) is 0 Å². The number of hydrogen-bond acceptors (Lipinski definition) is 5. The maximum absolute atomic E-state index is 13.7. The second kappa shape index (κ2) is 9.85. The first kappa shape index (κ1) is 22.7. The van der Waals surface area contributed by atoms with E-state index >= 15 is 0 Å². The van der Waals surface area contributed by atoms with Crippen molar-refractivity contribution in [2.45, 2.75) is 50.1 Å². The lowest BCUT2D eigenvalue weighted by molar-refractivity contribution is -0.123. The Morgan fingerprint density at radius 2 is 1.80 bits per heavy atom. The summed E-state index contributed by atoms with van der Waals surface area (Å²) in [5.74, 6) is 0. The molecule has 0 aromatic heterocycles. The molecule has 6 nitrogen and oxygen atoms in total. The van der Waals surface area contributed by atoms with E-state index in [0.717, 1.165) is 11.1 Å². The van der Waals surface area contributed by atoms with Crippen molar-refractivity contribution < 1.29 is 22.6 Å². The minimum atomic E-state index is -3.83. The summed E-state index contributed by atoms with van der Waals surface area (Å²) in [7, 11) is -2.30. The molecule has 4 atom stereocenters. The Morgan fingerprint density at radius 1 is 1.13 bits per heavy atom. The third kappa shape index (κ3) is 4.66. The molecule has 1 aliphatic heterocycles. The molecular weight excluding hydrogens is 402 g/mol. The lowest BCUT2D eigenvalue weighted by atomic mass is 10.0. The van der Waals surface area contributed by atoms with E-state index in [1.807, 2.05) is 57.2 Å². The molecule has 0 unspecified atom stereocenters. The Morgan fingerprint density at radius 3 is 2.40 bits per heavy atom. The fourth-order valence-electron chi connectivity index (χ4n) is 3.67. The van der Waals surface area contributed by atoms with Crippen molar-refractivity contribution in [3.8, 4) is 0 Å². The molecule has 162 valence electrons. The van der Waals surface area contributed by atoms with Crippen LogP contribution >= 0.6 is 0 Å². The first-order valence-corrected chi connectivity index (χ1v) is 11.4. The van der Waals surface area contributed by atoms with Crippen LogP contribution in [0.1, 0.15) is 31.1 Å². The summed E-state index contributed by atoms with van der Waals surface area (Å²) in [6.45, 7) is 5.67. The third-order valence-corrected chi connectivity index (χ3v) is 7.11. The molecule has 2 aromatic rings. The van der Waals surface area contributed by atoms with Gasteiger partial charge < -0.3 is 14.2 Å². The molecule has 0 amide bonds. The van der Waals surface area contributed by atoms with Gasteiger partial charge in [0.05, 0.1) is 10.9 Å². The van der Waals surface area contributed by atoms with E-state index in [1.165, 1.54) is 11.4 Å². The average Bonchev–Trinajstić information content (AvgIpc) is 3.10. The number of ether oxygens (including phenoxy) is 3. The normalized spacial score (nSPS) is 23.8. The Labute approximate surface area is 179 Å². The second-order valence-corrected chi connectivity index (χ2v) is 9.15. The molecule has 0 bridgehead atoms. The molecule has 1 saturated heterocycles. The van der Waals surface area contributed by atoms with Crippen LogP contribution in [0, 0.1) is 6.92 Å². The van der Waals surface area contributed by atoms with Gasteiger partial charge in [0, 0.05) is 7.11 Å². The lowest BCUT2D eigenvalue weighted by Crippen LogP contribution is -2.46. The zero-order chi connectivity index (χ0) is 21.7. The van der Waals surface area contributed by atoms with Gasteiger partial charge in [0.2, 0.25) is 10.0 Å². The molecule has 30 heavy (non-hydrogen) atoms. The smallest absolute Gasteiger partial charge is 0.245 e. The predicted octanol–water partition coefficient (Wildman–Crippen LogP) is 4.04. The first-order valence-electron chi connectivity index (χ1n) is 9.94. The van der Waals surface area contributed by atoms with E-state index in [0.29, 0.717) is 0 Å². The molecule has 2 aromatic carbocycles. The summed E-state index contributed by atoms with van der Waals surface area (Å²) >= 11 is 0. The second-order valence-electron chi connectivity index (χ2n) is 7.31. The Kier molecular flexibility index (Phi) is 7.44. The van der Waals surface area contributed by atoms with Crippen LogP contribution in [-0.2, 0) is 24.2 Å². The van der Waals surface area contributed by atoms with Gasteiger partial charge in [-0.1, -0.05) is 60.2 Å². The number of nitrogens with zero attached hydrogens (tertiary/aromatic N) is 1. The van der Waals surface area contributed by atoms with Crippen molar-refractivity contribution in [2.24, 2.45) is 0 Å². The van der Waals surface area contributed by atoms with E-state index < -0.39 is 34.5 Å². The number of sulfonamides is 1. The zero-order valence-electron chi connectivity index (χ0n) is 17.8. The summed E-state index contributed by atoms with van der Waals surface area (Å²) in [4.78, 5) is 0.230. The molecule has 0 saturated carbocycles. The Bertz CT molecular complexity index is 943. The zero-order valence-corrected chi connectivity index (χ0v) is 18.6. The van der Waals surface area contributed by atoms with E-state index in [2.05, 4.69) is 0 Å². The summed E-state index contributed by atoms with van der Waals surface area (Å²) < 4.78 is 45.9. The monoisotopic (exact) mass is 431 g/mol. The molecule has 1 fully saturated rings. The SMILES string of the molecule is C/C=C/[C@H](OCOC)[C@H]1O[C@H](c2ccccc2)[C@H](C)N1S(=O)(=O)c1ccc(C)cc1. The van der Waals surface area contributed by atoms with Crippen LogP contribution in [0.3, 0.4) is 0 Å². The fourth-order valence-corrected chi connectivity index (χ4v) is 5.38. The van der Waals surface area contributed by atoms with Crippen molar-refractivity contribution in [1.29, 1.82) is 0 Å². The van der Waals surface area contributed by atoms with Crippen LogP contribution in [0.4, 0.5) is 0 Å². The van der Waals surface area contributed by atoms with Crippen LogP contribution in [-0.4, -0.2) is 45.0 Å². The van der Waals surface area contributed by atoms with Gasteiger partial charge in [-0.05, 0) is 38.5 Å². The highest BCUT2D eigenvalue weighted by atomic mass is 32.2. The summed E-state index contributed by atoms with van der Waals surface area (Å²) in [6, 6.07) is 16.1. The molecule has 7 heteroatoms. The highest BCUT2D eigenvalue weighted by Crippen LogP contribution is 2.40. The van der Waals surface area contributed by atoms with Gasteiger partial charge in [-0.25, -0.2) is 8.42 Å². The molecule has 0 spiro atoms. The van der Waals surface area contributed by atoms with Gasteiger partial charge in [0.1, 0.15) is 19.0 Å². The van der Waals surface area contributed by atoms with Crippen LogP contribution in [0.2, 0.25) is 0 Å². The van der Waals surface area contributed by atoms with Crippen molar-refractivity contribution in [3.05, 3.63) is 77.9 Å². The van der Waals surface area contributed by atoms with E-state index in [9.17, 15) is 8.42 Å². The first-order chi connectivity index (χ1) is 14.4. The molecule has 3 rings (SSSR count). The predicted molar refractivity (Wildman–Crippen MR) is 115 cm³/mol. The quantitative estimate of drug-likeness (QED) is 0.466. The number of hydrogen-bond donors (Lipinski definition) is 0. The van der Waals surface area contributed by atoms with Gasteiger partial charge in [-0.2, -0.15) is 4.31 Å². The minimum absolute atomic E-state index is 0.0255. The van der Waals surface area contributed by atoms with Crippen molar-refractivity contribution >= 4 is 10.0 Å². The van der Waals surface area contributed by atoms with E-state index in [4.69, 9.17) is 14.2 Å². The van der Waals surface area contributed by atoms with Crippen LogP contribution in [0.15, 0.2) is 71.6 Å². The largest absolute Gasteiger partial charge is 0.359 e. The lowest BCUT2D eigenvalue weighted by Gasteiger charge is -2.29. The van der Waals surface area contributed by atoms with Crippen molar-refractivity contribution in [1.82, 2.24) is 4.31 Å². The van der Waals surface area contributed by atoms with Gasteiger partial charge in [0.15, 0.2) is 6.23 Å². The Balaban J connectivity index is 2.05. The highest BCUT2D eigenvalue weighted by Gasteiger charge is 2.50. The van der Waals surface area contributed by atoms with Gasteiger partial charge in [-0.3, -0.25) is 0 Å². The number of benzene rings is 2. The van der Waals surface area contributed by atoms with Crippen molar-refractivity contribution in [3.63, 3.8) is 0 Å². The van der Waals surface area contributed by atoms with Gasteiger partial charge in [-0.15, -0.1) is 0 Å². The minimum Gasteiger partial charge on any atom is -0.359 e. The molecule has 1 heterocycles.